The first kappa shape index (κ1) is 61.4. The maximum Gasteiger partial charge on any atom is 0.306 e. The molecule has 0 aliphatic heterocycles. The Morgan fingerprint density at radius 3 is 0.778 bits per heavy atom. The van der Waals surface area contributed by atoms with Crippen LogP contribution in [0.3, 0.4) is 0 Å². The summed E-state index contributed by atoms with van der Waals surface area (Å²) in [4.78, 5) is 38.1. The van der Waals surface area contributed by atoms with Gasteiger partial charge in [-0.2, -0.15) is 0 Å². The molecule has 6 heteroatoms. The van der Waals surface area contributed by atoms with Gasteiger partial charge >= 0.3 is 17.9 Å². The number of rotatable bonds is 51. The summed E-state index contributed by atoms with van der Waals surface area (Å²) in [6.45, 7) is 11.4. The smallest absolute Gasteiger partial charge is 0.306 e. The summed E-state index contributed by atoms with van der Waals surface area (Å²) in [5.41, 5.74) is 0. The van der Waals surface area contributed by atoms with Crippen molar-refractivity contribution < 1.29 is 28.6 Å². The quantitative estimate of drug-likeness (QED) is 0.0344. The normalized spacial score (nSPS) is 12.0. The SMILES string of the molecule is CCCCCCCCCCCCCCCCCC(=O)OC[C@H](COC(=O)CCCCCCCCCCCCCCCC(C)C)OC(=O)CCCCCCCCCCCCCC(C)C. The fraction of sp³-hybridized carbons (Fsp3) is 0.947. The molecular formula is C57H110O6. The van der Waals surface area contributed by atoms with Gasteiger partial charge in [0.2, 0.25) is 0 Å². The van der Waals surface area contributed by atoms with Crippen molar-refractivity contribution in [2.24, 2.45) is 11.8 Å². The Kier molecular flexibility index (Phi) is 48.6. The highest BCUT2D eigenvalue weighted by Gasteiger charge is 2.19. The third-order valence-corrected chi connectivity index (χ3v) is 13.0. The predicted octanol–water partition coefficient (Wildman–Crippen LogP) is 18.5. The third kappa shape index (κ3) is 51.3. The van der Waals surface area contributed by atoms with E-state index in [0.717, 1.165) is 69.6 Å². The van der Waals surface area contributed by atoms with Crippen LogP contribution in [0.2, 0.25) is 0 Å². The number of esters is 3. The van der Waals surface area contributed by atoms with E-state index in [2.05, 4.69) is 34.6 Å². The molecule has 0 aliphatic carbocycles. The minimum atomic E-state index is -0.762. The molecule has 0 amide bonds. The van der Waals surface area contributed by atoms with Gasteiger partial charge in [-0.3, -0.25) is 14.4 Å². The van der Waals surface area contributed by atoms with Crippen LogP contribution < -0.4 is 0 Å². The van der Waals surface area contributed by atoms with Crippen LogP contribution >= 0.6 is 0 Å². The van der Waals surface area contributed by atoms with E-state index in [9.17, 15) is 14.4 Å². The number of ether oxygens (including phenoxy) is 3. The molecule has 0 spiro atoms. The molecule has 0 aliphatic rings. The van der Waals surface area contributed by atoms with Gasteiger partial charge in [0, 0.05) is 19.3 Å². The number of unbranched alkanes of at least 4 members (excludes halogenated alkanes) is 36. The van der Waals surface area contributed by atoms with E-state index >= 15 is 0 Å². The summed E-state index contributed by atoms with van der Waals surface area (Å²) in [6.07, 6.45) is 52.3. The Morgan fingerprint density at radius 1 is 0.302 bits per heavy atom. The Labute approximate surface area is 393 Å². The van der Waals surface area contributed by atoms with Gasteiger partial charge < -0.3 is 14.2 Å². The molecule has 0 saturated heterocycles. The first-order valence-corrected chi connectivity index (χ1v) is 28.2. The molecule has 1 atom stereocenters. The van der Waals surface area contributed by atoms with Gasteiger partial charge in [-0.25, -0.2) is 0 Å². The lowest BCUT2D eigenvalue weighted by molar-refractivity contribution is -0.167. The zero-order chi connectivity index (χ0) is 46.1. The van der Waals surface area contributed by atoms with E-state index in [1.54, 1.807) is 0 Å². The van der Waals surface area contributed by atoms with E-state index < -0.39 is 6.10 Å². The van der Waals surface area contributed by atoms with Crippen LogP contribution in [0.5, 0.6) is 0 Å². The molecule has 0 aromatic carbocycles. The van der Waals surface area contributed by atoms with Gasteiger partial charge in [0.05, 0.1) is 0 Å². The van der Waals surface area contributed by atoms with E-state index in [0.29, 0.717) is 19.3 Å². The van der Waals surface area contributed by atoms with Crippen molar-refractivity contribution in [3.63, 3.8) is 0 Å². The van der Waals surface area contributed by atoms with Gasteiger partial charge in [-0.1, -0.05) is 279 Å². The van der Waals surface area contributed by atoms with Crippen LogP contribution in [0.1, 0.15) is 317 Å². The topological polar surface area (TPSA) is 78.9 Å². The molecule has 0 heterocycles. The Bertz CT molecular complexity index is 962. The monoisotopic (exact) mass is 891 g/mol. The zero-order valence-electron chi connectivity index (χ0n) is 43.2. The summed E-state index contributed by atoms with van der Waals surface area (Å²) in [5.74, 6) is 0.824. The van der Waals surface area contributed by atoms with Crippen LogP contribution in [-0.2, 0) is 28.6 Å². The number of hydrogen-bond acceptors (Lipinski definition) is 6. The minimum Gasteiger partial charge on any atom is -0.462 e. The first-order valence-electron chi connectivity index (χ1n) is 28.2. The highest BCUT2D eigenvalue weighted by molar-refractivity contribution is 5.71. The van der Waals surface area contributed by atoms with E-state index in [1.807, 2.05) is 0 Å². The van der Waals surface area contributed by atoms with Crippen LogP contribution in [-0.4, -0.2) is 37.2 Å². The van der Waals surface area contributed by atoms with Gasteiger partial charge in [-0.15, -0.1) is 0 Å². The number of carbonyl (C=O) groups is 3. The highest BCUT2D eigenvalue weighted by Crippen LogP contribution is 2.18. The zero-order valence-corrected chi connectivity index (χ0v) is 43.2. The summed E-state index contributed by atoms with van der Waals surface area (Å²) < 4.78 is 16.9. The van der Waals surface area contributed by atoms with E-state index in [4.69, 9.17) is 14.2 Å². The lowest BCUT2D eigenvalue weighted by atomic mass is 10.0. The number of carbonyl (C=O) groups excluding carboxylic acids is 3. The second-order valence-corrected chi connectivity index (χ2v) is 20.5. The van der Waals surface area contributed by atoms with Crippen molar-refractivity contribution in [3.05, 3.63) is 0 Å². The third-order valence-electron chi connectivity index (χ3n) is 13.0. The molecule has 0 rings (SSSR count). The Morgan fingerprint density at radius 2 is 0.524 bits per heavy atom. The average molecular weight is 892 g/mol. The fourth-order valence-electron chi connectivity index (χ4n) is 8.70. The maximum absolute atomic E-state index is 12.8. The summed E-state index contributed by atoms with van der Waals surface area (Å²) in [7, 11) is 0. The Hall–Kier alpha value is -1.59. The van der Waals surface area contributed by atoms with Gasteiger partial charge in [0.15, 0.2) is 6.10 Å². The van der Waals surface area contributed by atoms with Crippen LogP contribution in [0.4, 0.5) is 0 Å². The molecular weight excluding hydrogens is 781 g/mol. The van der Waals surface area contributed by atoms with Crippen LogP contribution in [0.15, 0.2) is 0 Å². The number of hydrogen-bond donors (Lipinski definition) is 0. The summed E-state index contributed by atoms with van der Waals surface area (Å²) in [5, 5.41) is 0. The molecule has 0 aromatic rings. The maximum atomic E-state index is 12.8. The van der Waals surface area contributed by atoms with E-state index in [1.165, 1.54) is 205 Å². The second kappa shape index (κ2) is 49.8. The standard InChI is InChI=1S/C57H110O6/c1-6-7-8-9-10-11-12-13-14-17-22-27-32-37-42-47-55(58)61-50-54(63-57(60)49-44-39-34-29-24-19-21-26-31-36-41-46-53(4)5)51-62-56(59)48-43-38-33-28-23-18-15-16-20-25-30-35-40-45-52(2)3/h52-54H,6-51H2,1-5H3/t54-/m1/s1. The molecule has 63 heavy (non-hydrogen) atoms. The molecule has 0 radical (unpaired) electrons. The molecule has 0 aromatic heterocycles. The van der Waals surface area contributed by atoms with Crippen molar-refractivity contribution in [1.29, 1.82) is 0 Å². The van der Waals surface area contributed by atoms with Crippen molar-refractivity contribution in [3.8, 4) is 0 Å². The molecule has 0 unspecified atom stereocenters. The van der Waals surface area contributed by atoms with Crippen LogP contribution in [0, 0.1) is 11.8 Å². The van der Waals surface area contributed by atoms with Crippen molar-refractivity contribution >= 4 is 17.9 Å². The Balaban J connectivity index is 4.30. The largest absolute Gasteiger partial charge is 0.462 e. The molecule has 0 bridgehead atoms. The predicted molar refractivity (Wildman–Crippen MR) is 270 cm³/mol. The second-order valence-electron chi connectivity index (χ2n) is 20.5. The molecule has 0 fully saturated rings. The average Bonchev–Trinajstić information content (AvgIpc) is 3.25. The van der Waals surface area contributed by atoms with Gasteiger partial charge in [0.25, 0.3) is 0 Å². The molecule has 0 N–H and O–H groups in total. The van der Waals surface area contributed by atoms with Gasteiger partial charge in [0.1, 0.15) is 13.2 Å². The van der Waals surface area contributed by atoms with Crippen molar-refractivity contribution in [2.45, 2.75) is 323 Å². The summed E-state index contributed by atoms with van der Waals surface area (Å²) in [6, 6.07) is 0. The van der Waals surface area contributed by atoms with E-state index in [-0.39, 0.29) is 31.1 Å². The molecule has 6 nitrogen and oxygen atoms in total. The minimum absolute atomic E-state index is 0.0629. The summed E-state index contributed by atoms with van der Waals surface area (Å²) >= 11 is 0. The first-order chi connectivity index (χ1) is 30.7. The van der Waals surface area contributed by atoms with Crippen LogP contribution in [0.25, 0.3) is 0 Å². The molecule has 0 saturated carbocycles. The lowest BCUT2D eigenvalue weighted by Crippen LogP contribution is -2.30. The van der Waals surface area contributed by atoms with Crippen molar-refractivity contribution in [1.82, 2.24) is 0 Å². The van der Waals surface area contributed by atoms with Crippen molar-refractivity contribution in [2.75, 3.05) is 13.2 Å². The van der Waals surface area contributed by atoms with Gasteiger partial charge in [-0.05, 0) is 31.1 Å². The lowest BCUT2D eigenvalue weighted by Gasteiger charge is -2.18. The molecule has 374 valence electrons. The fourth-order valence-corrected chi connectivity index (χ4v) is 8.70. The highest BCUT2D eigenvalue weighted by atomic mass is 16.6.